The molecule has 0 unspecified atom stereocenters. The Morgan fingerprint density at radius 1 is 1.00 bits per heavy atom. The third kappa shape index (κ3) is 5.05. The highest BCUT2D eigenvalue weighted by Gasteiger charge is 2.18. The normalized spacial score (nSPS) is 10.6. The summed E-state index contributed by atoms with van der Waals surface area (Å²) in [5.41, 5.74) is 4.48. The van der Waals surface area contributed by atoms with Crippen molar-refractivity contribution >= 4 is 18.1 Å². The average molecular weight is 415 g/mol. The number of amides is 1. The summed E-state index contributed by atoms with van der Waals surface area (Å²) >= 11 is 0. The molecule has 0 aliphatic carbocycles. The third-order valence-electron chi connectivity index (χ3n) is 4.21. The van der Waals surface area contributed by atoms with E-state index >= 15 is 0 Å². The number of nitrogens with one attached hydrogen (secondary N) is 1. The smallest absolute Gasteiger partial charge is 0.339 e. The van der Waals surface area contributed by atoms with Crippen LogP contribution in [-0.2, 0) is 4.74 Å². The van der Waals surface area contributed by atoms with Crippen molar-refractivity contribution in [3.63, 3.8) is 0 Å². The van der Waals surface area contributed by atoms with Crippen LogP contribution in [0.5, 0.6) is 17.2 Å². The highest BCUT2D eigenvalue weighted by atomic mass is 16.5. The molecule has 1 amide bonds. The van der Waals surface area contributed by atoms with Gasteiger partial charge in [0.15, 0.2) is 11.5 Å². The molecule has 2 rings (SSSR count). The first-order valence-corrected chi connectivity index (χ1v) is 9.15. The molecule has 160 valence electrons. The van der Waals surface area contributed by atoms with Crippen LogP contribution in [-0.4, -0.2) is 51.0 Å². The van der Waals surface area contributed by atoms with Crippen molar-refractivity contribution in [3.05, 3.63) is 46.3 Å². The number of benzene rings is 1. The number of hydrogen-bond donors (Lipinski definition) is 1. The summed E-state index contributed by atoms with van der Waals surface area (Å²) in [7, 11) is 4.53. The van der Waals surface area contributed by atoms with Gasteiger partial charge < -0.3 is 18.9 Å². The number of carbonyl (C=O) groups is 2. The topological polar surface area (TPSA) is 108 Å². The van der Waals surface area contributed by atoms with Gasteiger partial charge in [-0.1, -0.05) is 0 Å². The van der Waals surface area contributed by atoms with Crippen LogP contribution in [0.2, 0.25) is 0 Å². The van der Waals surface area contributed by atoms with E-state index < -0.39 is 11.9 Å². The van der Waals surface area contributed by atoms with E-state index in [4.69, 9.17) is 18.9 Å². The van der Waals surface area contributed by atoms with Crippen LogP contribution in [0.1, 0.15) is 44.6 Å². The second kappa shape index (κ2) is 10.2. The summed E-state index contributed by atoms with van der Waals surface area (Å²) < 4.78 is 20.9. The Hall–Kier alpha value is -3.62. The Kier molecular flexibility index (Phi) is 7.74. The Labute approximate surface area is 175 Å². The fourth-order valence-corrected chi connectivity index (χ4v) is 2.77. The van der Waals surface area contributed by atoms with Crippen molar-refractivity contribution in [1.29, 1.82) is 0 Å². The number of aryl methyl sites for hydroxylation is 2. The highest BCUT2D eigenvalue weighted by Crippen LogP contribution is 2.37. The highest BCUT2D eigenvalue weighted by molar-refractivity contribution is 5.99. The number of pyridine rings is 1. The fraction of sp³-hybridized carbons (Fsp3) is 0.333. The van der Waals surface area contributed by atoms with Gasteiger partial charge in [0.05, 0.1) is 56.7 Å². The number of nitrogens with zero attached hydrogens (tertiary/aromatic N) is 2. The lowest BCUT2D eigenvalue weighted by Gasteiger charge is -2.12. The molecule has 0 atom stereocenters. The minimum absolute atomic E-state index is 0.227. The molecule has 9 nitrogen and oxygen atoms in total. The van der Waals surface area contributed by atoms with E-state index in [1.54, 1.807) is 32.9 Å². The minimum atomic E-state index is -0.530. The number of ether oxygens (including phenoxy) is 4. The summed E-state index contributed by atoms with van der Waals surface area (Å²) in [4.78, 5) is 28.9. The molecule has 9 heteroatoms. The van der Waals surface area contributed by atoms with Gasteiger partial charge in [-0.05, 0) is 39.0 Å². The zero-order valence-corrected chi connectivity index (χ0v) is 17.9. The lowest BCUT2D eigenvalue weighted by molar-refractivity contribution is 0.0525. The molecule has 1 aromatic carbocycles. The van der Waals surface area contributed by atoms with Gasteiger partial charge in [-0.25, -0.2) is 10.2 Å². The number of methoxy groups -OCH3 is 3. The third-order valence-corrected chi connectivity index (χ3v) is 4.21. The van der Waals surface area contributed by atoms with Crippen molar-refractivity contribution in [2.45, 2.75) is 20.8 Å². The number of rotatable bonds is 8. The van der Waals surface area contributed by atoms with E-state index in [0.29, 0.717) is 34.2 Å². The van der Waals surface area contributed by atoms with E-state index in [1.807, 2.05) is 0 Å². The Morgan fingerprint density at radius 2 is 1.60 bits per heavy atom. The standard InChI is InChI=1S/C21H25N3O6/c1-7-30-21(26)16-10-15(12(2)23-13(16)3)20(25)24-22-11-14-8-17(27-4)19(29-6)18(9-14)28-5/h8-11H,7H2,1-6H3,(H,24,25). The molecule has 2 aromatic rings. The second-order valence-electron chi connectivity index (χ2n) is 6.13. The van der Waals surface area contributed by atoms with Gasteiger partial charge in [-0.3, -0.25) is 9.78 Å². The SMILES string of the molecule is CCOC(=O)c1cc(C(=O)NN=Cc2cc(OC)c(OC)c(OC)c2)c(C)nc1C. The zero-order valence-electron chi connectivity index (χ0n) is 17.9. The van der Waals surface area contributed by atoms with Gasteiger partial charge in [-0.2, -0.15) is 5.10 Å². The number of esters is 1. The molecule has 1 N–H and O–H groups in total. The Bertz CT molecular complexity index is 946. The van der Waals surface area contributed by atoms with Gasteiger partial charge in [0.2, 0.25) is 5.75 Å². The first kappa shape index (κ1) is 22.7. The first-order valence-electron chi connectivity index (χ1n) is 9.15. The van der Waals surface area contributed by atoms with Crippen LogP contribution in [0.4, 0.5) is 0 Å². The molecular weight excluding hydrogens is 390 g/mol. The van der Waals surface area contributed by atoms with Crippen LogP contribution in [0, 0.1) is 13.8 Å². The number of carbonyl (C=O) groups excluding carboxylic acids is 2. The largest absolute Gasteiger partial charge is 0.493 e. The Morgan fingerprint density at radius 3 is 2.13 bits per heavy atom. The minimum Gasteiger partial charge on any atom is -0.493 e. The molecule has 0 spiro atoms. The maximum atomic E-state index is 12.6. The molecule has 0 bridgehead atoms. The van der Waals surface area contributed by atoms with E-state index in [1.165, 1.54) is 33.6 Å². The maximum absolute atomic E-state index is 12.6. The zero-order chi connectivity index (χ0) is 22.3. The molecule has 1 heterocycles. The molecule has 0 radical (unpaired) electrons. The van der Waals surface area contributed by atoms with E-state index in [9.17, 15) is 9.59 Å². The summed E-state index contributed by atoms with van der Waals surface area (Å²) in [6.07, 6.45) is 1.44. The van der Waals surface area contributed by atoms with Crippen molar-refractivity contribution < 1.29 is 28.5 Å². The van der Waals surface area contributed by atoms with Gasteiger partial charge in [0.1, 0.15) is 0 Å². The van der Waals surface area contributed by atoms with Gasteiger partial charge in [-0.15, -0.1) is 0 Å². The predicted molar refractivity (Wildman–Crippen MR) is 111 cm³/mol. The molecule has 0 aliphatic heterocycles. The van der Waals surface area contributed by atoms with Gasteiger partial charge in [0.25, 0.3) is 5.91 Å². The van der Waals surface area contributed by atoms with E-state index in [-0.39, 0.29) is 17.7 Å². The van der Waals surface area contributed by atoms with E-state index in [2.05, 4.69) is 15.5 Å². The molecule has 1 aromatic heterocycles. The number of hydrogen-bond acceptors (Lipinski definition) is 8. The summed E-state index contributed by atoms with van der Waals surface area (Å²) in [5, 5.41) is 3.98. The number of hydrazone groups is 1. The first-order chi connectivity index (χ1) is 14.4. The predicted octanol–water partition coefficient (Wildman–Crippen LogP) is 2.66. The fourth-order valence-electron chi connectivity index (χ4n) is 2.77. The van der Waals surface area contributed by atoms with Crippen LogP contribution >= 0.6 is 0 Å². The molecule has 0 aliphatic rings. The van der Waals surface area contributed by atoms with Crippen molar-refractivity contribution in [2.75, 3.05) is 27.9 Å². The monoisotopic (exact) mass is 415 g/mol. The van der Waals surface area contributed by atoms with Crippen molar-refractivity contribution in [3.8, 4) is 17.2 Å². The summed E-state index contributed by atoms with van der Waals surface area (Å²) in [6.45, 7) is 5.30. The molecular formula is C21H25N3O6. The number of aromatic nitrogens is 1. The quantitative estimate of drug-likeness (QED) is 0.401. The van der Waals surface area contributed by atoms with E-state index in [0.717, 1.165) is 0 Å². The molecule has 0 fully saturated rings. The molecule has 30 heavy (non-hydrogen) atoms. The molecule has 0 saturated heterocycles. The van der Waals surface area contributed by atoms with Crippen LogP contribution in [0.3, 0.4) is 0 Å². The lowest BCUT2D eigenvalue weighted by Crippen LogP contribution is -2.21. The van der Waals surface area contributed by atoms with Gasteiger partial charge in [0, 0.05) is 5.56 Å². The second-order valence-corrected chi connectivity index (χ2v) is 6.13. The average Bonchev–Trinajstić information content (AvgIpc) is 2.72. The van der Waals surface area contributed by atoms with Crippen molar-refractivity contribution in [2.24, 2.45) is 5.10 Å². The molecule has 0 saturated carbocycles. The lowest BCUT2D eigenvalue weighted by atomic mass is 10.1. The van der Waals surface area contributed by atoms with Crippen LogP contribution < -0.4 is 19.6 Å². The maximum Gasteiger partial charge on any atom is 0.339 e. The Balaban J connectivity index is 2.24. The van der Waals surface area contributed by atoms with Crippen molar-refractivity contribution in [1.82, 2.24) is 10.4 Å². The van der Waals surface area contributed by atoms with Crippen LogP contribution in [0.25, 0.3) is 0 Å². The summed E-state index contributed by atoms with van der Waals surface area (Å²) in [6, 6.07) is 4.84. The van der Waals surface area contributed by atoms with Crippen LogP contribution in [0.15, 0.2) is 23.3 Å². The van der Waals surface area contributed by atoms with Gasteiger partial charge >= 0.3 is 5.97 Å². The summed E-state index contributed by atoms with van der Waals surface area (Å²) in [5.74, 6) is 0.338.